The fourth-order valence-electron chi connectivity index (χ4n) is 0.842. The SMILES string of the molecule is CCSC1CC(=O)N1C. The molecule has 1 atom stereocenters. The van der Waals surface area contributed by atoms with E-state index in [4.69, 9.17) is 0 Å². The lowest BCUT2D eigenvalue weighted by molar-refractivity contribution is -0.139. The molecule has 0 aliphatic carbocycles. The minimum Gasteiger partial charge on any atom is -0.333 e. The van der Waals surface area contributed by atoms with Crippen LogP contribution in [0.15, 0.2) is 0 Å². The molecule has 0 radical (unpaired) electrons. The van der Waals surface area contributed by atoms with Crippen LogP contribution < -0.4 is 0 Å². The van der Waals surface area contributed by atoms with E-state index in [2.05, 4.69) is 6.92 Å². The summed E-state index contributed by atoms with van der Waals surface area (Å²) in [6.45, 7) is 2.11. The van der Waals surface area contributed by atoms with Gasteiger partial charge in [-0.3, -0.25) is 4.79 Å². The number of rotatable bonds is 2. The zero-order chi connectivity index (χ0) is 6.85. The van der Waals surface area contributed by atoms with Gasteiger partial charge in [0.05, 0.1) is 11.8 Å². The Bertz CT molecular complexity index is 126. The van der Waals surface area contributed by atoms with Gasteiger partial charge in [-0.15, -0.1) is 11.8 Å². The average Bonchev–Trinajstić information content (AvgIpc) is 1.88. The van der Waals surface area contributed by atoms with E-state index in [1.54, 1.807) is 4.90 Å². The highest BCUT2D eigenvalue weighted by molar-refractivity contribution is 7.99. The highest BCUT2D eigenvalue weighted by Crippen LogP contribution is 2.26. The maximum Gasteiger partial charge on any atom is 0.226 e. The van der Waals surface area contributed by atoms with E-state index in [1.807, 2.05) is 18.8 Å². The Balaban J connectivity index is 2.25. The fraction of sp³-hybridized carbons (Fsp3) is 0.833. The molecule has 1 aliphatic heterocycles. The summed E-state index contributed by atoms with van der Waals surface area (Å²) in [7, 11) is 1.86. The fourth-order valence-corrected chi connectivity index (χ4v) is 1.83. The Morgan fingerprint density at radius 1 is 1.89 bits per heavy atom. The Morgan fingerprint density at radius 3 is 2.89 bits per heavy atom. The van der Waals surface area contributed by atoms with Gasteiger partial charge in [-0.25, -0.2) is 0 Å². The second kappa shape index (κ2) is 2.60. The van der Waals surface area contributed by atoms with Crippen molar-refractivity contribution in [3.63, 3.8) is 0 Å². The molecule has 1 saturated heterocycles. The van der Waals surface area contributed by atoms with Gasteiger partial charge >= 0.3 is 0 Å². The number of amides is 1. The number of carbonyl (C=O) groups is 1. The zero-order valence-electron chi connectivity index (χ0n) is 5.76. The van der Waals surface area contributed by atoms with E-state index in [0.717, 1.165) is 12.2 Å². The summed E-state index contributed by atoms with van der Waals surface area (Å²) in [6, 6.07) is 0. The first-order valence-corrected chi connectivity index (χ1v) is 4.18. The van der Waals surface area contributed by atoms with E-state index in [1.165, 1.54) is 0 Å². The van der Waals surface area contributed by atoms with Crippen molar-refractivity contribution in [3.05, 3.63) is 0 Å². The molecule has 0 N–H and O–H groups in total. The quantitative estimate of drug-likeness (QED) is 0.539. The lowest BCUT2D eigenvalue weighted by Crippen LogP contribution is -2.47. The first-order valence-electron chi connectivity index (χ1n) is 3.13. The van der Waals surface area contributed by atoms with Crippen LogP contribution in [0.25, 0.3) is 0 Å². The Hall–Kier alpha value is -0.180. The van der Waals surface area contributed by atoms with Gasteiger partial charge in [-0.1, -0.05) is 6.92 Å². The van der Waals surface area contributed by atoms with Crippen LogP contribution in [0.4, 0.5) is 0 Å². The minimum absolute atomic E-state index is 0.279. The van der Waals surface area contributed by atoms with Crippen LogP contribution in [0.5, 0.6) is 0 Å². The predicted molar refractivity (Wildman–Crippen MR) is 39.3 cm³/mol. The molecule has 0 spiro atoms. The molecule has 0 bridgehead atoms. The van der Waals surface area contributed by atoms with Crippen molar-refractivity contribution < 1.29 is 4.79 Å². The maximum atomic E-state index is 10.6. The normalized spacial score (nSPS) is 26.2. The molecule has 0 aromatic heterocycles. The minimum atomic E-state index is 0.279. The van der Waals surface area contributed by atoms with E-state index >= 15 is 0 Å². The number of likely N-dealkylation sites (tertiary alicyclic amines) is 1. The summed E-state index contributed by atoms with van der Waals surface area (Å²) >= 11 is 1.84. The van der Waals surface area contributed by atoms with E-state index in [-0.39, 0.29) is 5.91 Å². The topological polar surface area (TPSA) is 20.3 Å². The van der Waals surface area contributed by atoms with Gasteiger partial charge in [-0.2, -0.15) is 0 Å². The molecule has 0 aromatic carbocycles. The third-order valence-electron chi connectivity index (χ3n) is 1.53. The van der Waals surface area contributed by atoms with Crippen molar-refractivity contribution >= 4 is 17.7 Å². The van der Waals surface area contributed by atoms with E-state index < -0.39 is 0 Å². The summed E-state index contributed by atoms with van der Waals surface area (Å²) in [5, 5.41) is 0.475. The monoisotopic (exact) mass is 145 g/mol. The summed E-state index contributed by atoms with van der Waals surface area (Å²) in [5.41, 5.74) is 0. The molecule has 0 saturated carbocycles. The molecule has 1 fully saturated rings. The van der Waals surface area contributed by atoms with Crippen molar-refractivity contribution in [1.29, 1.82) is 0 Å². The van der Waals surface area contributed by atoms with Gasteiger partial charge in [0.2, 0.25) is 5.91 Å². The van der Waals surface area contributed by atoms with Crippen molar-refractivity contribution in [1.82, 2.24) is 4.90 Å². The third kappa shape index (κ3) is 1.21. The molecule has 1 unspecified atom stereocenters. The average molecular weight is 145 g/mol. The van der Waals surface area contributed by atoms with Crippen LogP contribution in [-0.4, -0.2) is 29.0 Å². The largest absolute Gasteiger partial charge is 0.333 e. The standard InChI is InChI=1S/C6H11NOS/c1-3-9-6-4-5(8)7(6)2/h6H,3-4H2,1-2H3. The molecule has 1 rings (SSSR count). The van der Waals surface area contributed by atoms with Crippen molar-refractivity contribution in [3.8, 4) is 0 Å². The van der Waals surface area contributed by atoms with E-state index in [9.17, 15) is 4.79 Å². The summed E-state index contributed by atoms with van der Waals surface area (Å²) in [4.78, 5) is 12.4. The lowest BCUT2D eigenvalue weighted by Gasteiger charge is -2.36. The number of carbonyl (C=O) groups excluding carboxylic acids is 1. The molecule has 3 heteroatoms. The number of hydrogen-bond donors (Lipinski definition) is 0. The first kappa shape index (κ1) is 6.93. The Labute approximate surface area is 59.6 Å². The van der Waals surface area contributed by atoms with E-state index in [0.29, 0.717) is 5.37 Å². The molecule has 1 amide bonds. The zero-order valence-corrected chi connectivity index (χ0v) is 6.57. The second-order valence-corrected chi connectivity index (χ2v) is 3.57. The van der Waals surface area contributed by atoms with Gasteiger partial charge in [0.25, 0.3) is 0 Å². The molecule has 1 heterocycles. The van der Waals surface area contributed by atoms with Crippen LogP contribution in [0.1, 0.15) is 13.3 Å². The summed E-state index contributed by atoms with van der Waals surface area (Å²) < 4.78 is 0. The highest BCUT2D eigenvalue weighted by Gasteiger charge is 2.31. The summed E-state index contributed by atoms with van der Waals surface area (Å²) in [6.07, 6.45) is 0.745. The first-order chi connectivity index (χ1) is 4.25. The predicted octanol–water partition coefficient (Wildman–Crippen LogP) is 0.928. The van der Waals surface area contributed by atoms with Gasteiger partial charge in [-0.05, 0) is 5.75 Å². The molecule has 0 aromatic rings. The smallest absolute Gasteiger partial charge is 0.226 e. The van der Waals surface area contributed by atoms with Gasteiger partial charge in [0.15, 0.2) is 0 Å². The third-order valence-corrected chi connectivity index (χ3v) is 2.73. The maximum absolute atomic E-state index is 10.6. The highest BCUT2D eigenvalue weighted by atomic mass is 32.2. The van der Waals surface area contributed by atoms with Gasteiger partial charge in [0, 0.05) is 7.05 Å². The van der Waals surface area contributed by atoms with Crippen molar-refractivity contribution in [2.45, 2.75) is 18.7 Å². The molecule has 1 aliphatic rings. The van der Waals surface area contributed by atoms with Crippen molar-refractivity contribution in [2.24, 2.45) is 0 Å². The summed E-state index contributed by atoms with van der Waals surface area (Å²) in [5.74, 6) is 1.38. The Morgan fingerprint density at radius 2 is 2.56 bits per heavy atom. The molecule has 9 heavy (non-hydrogen) atoms. The van der Waals surface area contributed by atoms with Crippen LogP contribution in [0.2, 0.25) is 0 Å². The van der Waals surface area contributed by atoms with Crippen LogP contribution in [0.3, 0.4) is 0 Å². The number of hydrogen-bond acceptors (Lipinski definition) is 2. The van der Waals surface area contributed by atoms with Gasteiger partial charge < -0.3 is 4.90 Å². The lowest BCUT2D eigenvalue weighted by atomic mass is 10.2. The number of β-lactam (4-membered cyclic amide) rings is 1. The Kier molecular flexibility index (Phi) is 2.01. The molecular weight excluding hydrogens is 134 g/mol. The van der Waals surface area contributed by atoms with Crippen molar-refractivity contribution in [2.75, 3.05) is 12.8 Å². The number of thioether (sulfide) groups is 1. The number of nitrogens with zero attached hydrogens (tertiary/aromatic N) is 1. The molecular formula is C6H11NOS. The van der Waals surface area contributed by atoms with Crippen LogP contribution in [0, 0.1) is 0 Å². The second-order valence-electron chi connectivity index (χ2n) is 2.12. The molecule has 2 nitrogen and oxygen atoms in total. The van der Waals surface area contributed by atoms with Crippen LogP contribution in [-0.2, 0) is 4.79 Å². The van der Waals surface area contributed by atoms with Gasteiger partial charge in [0.1, 0.15) is 0 Å². The van der Waals surface area contributed by atoms with Crippen LogP contribution >= 0.6 is 11.8 Å². The molecule has 52 valence electrons.